The minimum atomic E-state index is -0.994. The summed E-state index contributed by atoms with van der Waals surface area (Å²) in [6.07, 6.45) is 5.24. The van der Waals surface area contributed by atoms with Crippen LogP contribution in [-0.2, 0) is 11.2 Å². The number of epoxide rings is 1. The SMILES string of the molecule is O=C(O)N1CCN(C(=O)c2ncn([C@H]3CCCC[C@]34CO4)c2-c2cccc(F)c2)[C@H](Cc2ccccc2)C1. The molecule has 3 fully saturated rings. The monoisotopic (exact) mass is 518 g/mol. The van der Waals surface area contributed by atoms with Crippen molar-refractivity contribution in [1.82, 2.24) is 19.4 Å². The lowest BCUT2D eigenvalue weighted by atomic mass is 9.84. The highest BCUT2D eigenvalue weighted by atomic mass is 19.1. The first-order valence-electron chi connectivity index (χ1n) is 13.2. The largest absolute Gasteiger partial charge is 0.465 e. The highest BCUT2D eigenvalue weighted by molar-refractivity contribution is 5.98. The van der Waals surface area contributed by atoms with Crippen molar-refractivity contribution in [2.75, 3.05) is 26.2 Å². The maximum atomic E-state index is 14.4. The average Bonchev–Trinajstić information content (AvgIpc) is 3.54. The van der Waals surface area contributed by atoms with Crippen LogP contribution in [0, 0.1) is 5.82 Å². The number of piperazine rings is 1. The van der Waals surface area contributed by atoms with Crippen molar-refractivity contribution in [2.45, 2.75) is 49.8 Å². The van der Waals surface area contributed by atoms with E-state index in [1.54, 1.807) is 23.4 Å². The van der Waals surface area contributed by atoms with E-state index >= 15 is 0 Å². The molecule has 1 spiro atoms. The minimum absolute atomic E-state index is 0.0209. The Kier molecular flexibility index (Phi) is 6.39. The number of hydrogen-bond donors (Lipinski definition) is 1. The lowest BCUT2D eigenvalue weighted by Gasteiger charge is -2.40. The Morgan fingerprint density at radius 3 is 2.66 bits per heavy atom. The second-order valence-electron chi connectivity index (χ2n) is 10.5. The van der Waals surface area contributed by atoms with Gasteiger partial charge in [-0.15, -0.1) is 0 Å². The number of nitrogens with zero attached hydrogens (tertiary/aromatic N) is 4. The van der Waals surface area contributed by atoms with Crippen LogP contribution in [0.1, 0.15) is 47.8 Å². The van der Waals surface area contributed by atoms with Crippen molar-refractivity contribution in [1.29, 1.82) is 0 Å². The topological polar surface area (TPSA) is 91.2 Å². The molecule has 3 aromatic rings. The smallest absolute Gasteiger partial charge is 0.407 e. The van der Waals surface area contributed by atoms with Crippen LogP contribution in [0.5, 0.6) is 0 Å². The number of imidazole rings is 1. The molecule has 0 unspecified atom stereocenters. The molecule has 2 aromatic carbocycles. The summed E-state index contributed by atoms with van der Waals surface area (Å²) < 4.78 is 22.4. The third kappa shape index (κ3) is 4.55. The summed E-state index contributed by atoms with van der Waals surface area (Å²) in [6, 6.07) is 15.7. The van der Waals surface area contributed by atoms with E-state index in [2.05, 4.69) is 4.98 Å². The molecule has 6 rings (SSSR count). The van der Waals surface area contributed by atoms with Gasteiger partial charge in [-0.25, -0.2) is 14.2 Å². The number of hydrogen-bond acceptors (Lipinski definition) is 4. The Morgan fingerprint density at radius 1 is 1.11 bits per heavy atom. The van der Waals surface area contributed by atoms with Crippen molar-refractivity contribution in [3.63, 3.8) is 0 Å². The molecule has 198 valence electrons. The predicted molar refractivity (Wildman–Crippen MR) is 138 cm³/mol. The van der Waals surface area contributed by atoms with E-state index in [9.17, 15) is 19.1 Å². The number of aromatic nitrogens is 2. The molecule has 3 aliphatic rings. The van der Waals surface area contributed by atoms with E-state index in [4.69, 9.17) is 4.74 Å². The molecule has 1 aromatic heterocycles. The van der Waals surface area contributed by atoms with Gasteiger partial charge < -0.3 is 24.2 Å². The van der Waals surface area contributed by atoms with Gasteiger partial charge in [0.05, 0.1) is 30.7 Å². The zero-order valence-corrected chi connectivity index (χ0v) is 21.1. The maximum Gasteiger partial charge on any atom is 0.407 e. The van der Waals surface area contributed by atoms with E-state index in [1.165, 1.54) is 17.0 Å². The van der Waals surface area contributed by atoms with Crippen molar-refractivity contribution >= 4 is 12.0 Å². The summed E-state index contributed by atoms with van der Waals surface area (Å²) in [7, 11) is 0. The fourth-order valence-electron chi connectivity index (χ4n) is 6.18. The fourth-order valence-corrected chi connectivity index (χ4v) is 6.18. The van der Waals surface area contributed by atoms with Crippen LogP contribution in [0.15, 0.2) is 60.9 Å². The number of halogens is 1. The van der Waals surface area contributed by atoms with Crippen LogP contribution in [0.2, 0.25) is 0 Å². The molecule has 2 amide bonds. The molecule has 0 bridgehead atoms. The molecule has 3 atom stereocenters. The average molecular weight is 519 g/mol. The highest BCUT2D eigenvalue weighted by Gasteiger charge is 2.54. The summed E-state index contributed by atoms with van der Waals surface area (Å²) in [5.74, 6) is -0.651. The van der Waals surface area contributed by atoms with Crippen molar-refractivity contribution in [2.24, 2.45) is 0 Å². The Morgan fingerprint density at radius 2 is 1.92 bits per heavy atom. The Bertz CT molecular complexity index is 1340. The van der Waals surface area contributed by atoms with Gasteiger partial charge in [0.2, 0.25) is 0 Å². The molecule has 3 heterocycles. The summed E-state index contributed by atoms with van der Waals surface area (Å²) in [5.41, 5.74) is 2.23. The van der Waals surface area contributed by atoms with Gasteiger partial charge in [-0.3, -0.25) is 4.79 Å². The second-order valence-corrected chi connectivity index (χ2v) is 10.5. The van der Waals surface area contributed by atoms with Gasteiger partial charge >= 0.3 is 6.09 Å². The summed E-state index contributed by atoms with van der Waals surface area (Å²) >= 11 is 0. The zero-order valence-electron chi connectivity index (χ0n) is 21.1. The number of carbonyl (C=O) groups is 2. The van der Waals surface area contributed by atoms with E-state index in [1.807, 2.05) is 34.9 Å². The van der Waals surface area contributed by atoms with E-state index < -0.39 is 6.09 Å². The van der Waals surface area contributed by atoms with E-state index in [-0.39, 0.29) is 54.7 Å². The first-order chi connectivity index (χ1) is 18.4. The third-order valence-electron chi connectivity index (χ3n) is 8.21. The third-order valence-corrected chi connectivity index (χ3v) is 8.21. The van der Waals surface area contributed by atoms with E-state index in [0.717, 1.165) is 31.2 Å². The lowest BCUT2D eigenvalue weighted by Crippen LogP contribution is -2.57. The van der Waals surface area contributed by atoms with Crippen LogP contribution in [-0.4, -0.2) is 74.3 Å². The highest BCUT2D eigenvalue weighted by Crippen LogP contribution is 2.50. The summed E-state index contributed by atoms with van der Waals surface area (Å²) in [5, 5.41) is 9.64. The number of amides is 2. The van der Waals surface area contributed by atoms with Crippen LogP contribution in [0.25, 0.3) is 11.3 Å². The van der Waals surface area contributed by atoms with Gasteiger partial charge in [-0.05, 0) is 37.0 Å². The number of rotatable bonds is 5. The number of carbonyl (C=O) groups excluding carboxylic acids is 1. The van der Waals surface area contributed by atoms with Crippen LogP contribution >= 0.6 is 0 Å². The first-order valence-corrected chi connectivity index (χ1v) is 13.2. The minimum Gasteiger partial charge on any atom is -0.465 e. The second kappa shape index (κ2) is 9.87. The Labute approximate surface area is 220 Å². The maximum absolute atomic E-state index is 14.4. The van der Waals surface area contributed by atoms with Crippen molar-refractivity contribution in [3.8, 4) is 11.3 Å². The molecule has 8 nitrogen and oxygen atoms in total. The molecule has 0 radical (unpaired) electrons. The number of carboxylic acid groups (broad SMARTS) is 1. The van der Waals surface area contributed by atoms with Crippen molar-refractivity contribution in [3.05, 3.63) is 78.0 Å². The van der Waals surface area contributed by atoms with Gasteiger partial charge in [-0.2, -0.15) is 0 Å². The first kappa shape index (κ1) is 24.6. The lowest BCUT2D eigenvalue weighted by molar-refractivity contribution is 0.0447. The summed E-state index contributed by atoms with van der Waals surface area (Å²) in [6.45, 7) is 1.38. The molecular weight excluding hydrogens is 487 g/mol. The van der Waals surface area contributed by atoms with Crippen molar-refractivity contribution < 1.29 is 23.8 Å². The molecule has 2 saturated heterocycles. The molecule has 9 heteroatoms. The van der Waals surface area contributed by atoms with Gasteiger partial charge in [0, 0.05) is 25.2 Å². The molecule has 1 N–H and O–H groups in total. The van der Waals surface area contributed by atoms with Crippen LogP contribution in [0.3, 0.4) is 0 Å². The number of ether oxygens (including phenoxy) is 1. The molecule has 2 aliphatic heterocycles. The Hall–Kier alpha value is -3.72. The molecule has 38 heavy (non-hydrogen) atoms. The van der Waals surface area contributed by atoms with Crippen LogP contribution < -0.4 is 0 Å². The number of benzene rings is 2. The fraction of sp³-hybridized carbons (Fsp3) is 0.414. The van der Waals surface area contributed by atoms with Crippen LogP contribution in [0.4, 0.5) is 9.18 Å². The molecule has 1 saturated carbocycles. The summed E-state index contributed by atoms with van der Waals surface area (Å²) in [4.78, 5) is 33.7. The standard InChI is InChI=1S/C29H31FN4O4/c30-22-10-6-9-21(16-22)26-25(31-19-34(26)24-11-4-5-12-29(24)18-38-29)27(35)33-14-13-32(28(36)37)17-23(33)15-20-7-2-1-3-8-20/h1-3,6-10,16,19,23-24H,4-5,11-15,17-18H2,(H,36,37)/t23-,24+,29+/m1/s1. The quantitative estimate of drug-likeness (QED) is 0.498. The zero-order chi connectivity index (χ0) is 26.3. The molecule has 1 aliphatic carbocycles. The van der Waals surface area contributed by atoms with Gasteiger partial charge in [-0.1, -0.05) is 55.3 Å². The van der Waals surface area contributed by atoms with Gasteiger partial charge in [0.25, 0.3) is 5.91 Å². The van der Waals surface area contributed by atoms with Gasteiger partial charge in [0.1, 0.15) is 11.4 Å². The van der Waals surface area contributed by atoms with Gasteiger partial charge in [0.15, 0.2) is 5.69 Å². The predicted octanol–water partition coefficient (Wildman–Crippen LogP) is 4.62. The normalized spacial score (nSPS) is 25.0. The Balaban J connectivity index is 1.39. The van der Waals surface area contributed by atoms with E-state index in [0.29, 0.717) is 24.3 Å². The molecular formula is C29H31FN4O4.